The third-order valence-electron chi connectivity index (χ3n) is 4.35. The Hall–Kier alpha value is -2.90. The minimum absolute atomic E-state index is 0.154. The molecule has 26 heavy (non-hydrogen) atoms. The number of imidazole rings is 1. The molecule has 1 fully saturated rings. The van der Waals surface area contributed by atoms with E-state index in [1.807, 2.05) is 4.90 Å². The molecule has 2 heterocycles. The van der Waals surface area contributed by atoms with Crippen molar-refractivity contribution in [2.45, 2.75) is 31.6 Å². The second kappa shape index (κ2) is 6.44. The van der Waals surface area contributed by atoms with E-state index in [0.29, 0.717) is 11.6 Å². The van der Waals surface area contributed by atoms with E-state index in [9.17, 15) is 13.2 Å². The van der Waals surface area contributed by atoms with Gasteiger partial charge in [0.1, 0.15) is 24.3 Å². The van der Waals surface area contributed by atoms with Gasteiger partial charge in [-0.05, 0) is 24.5 Å². The normalized spacial score (nSPS) is 14.4. The van der Waals surface area contributed by atoms with Gasteiger partial charge in [0.2, 0.25) is 0 Å². The lowest BCUT2D eigenvalue weighted by Gasteiger charge is -2.25. The van der Waals surface area contributed by atoms with Gasteiger partial charge in [-0.15, -0.1) is 0 Å². The molecule has 0 unspecified atom stereocenters. The van der Waals surface area contributed by atoms with E-state index >= 15 is 0 Å². The average Bonchev–Trinajstić information content (AvgIpc) is 3.32. The summed E-state index contributed by atoms with van der Waals surface area (Å²) in [5.74, 6) is 1.24. The van der Waals surface area contributed by atoms with E-state index < -0.39 is 11.7 Å². The highest BCUT2D eigenvalue weighted by Gasteiger charge is 2.36. The van der Waals surface area contributed by atoms with Crippen molar-refractivity contribution in [3.8, 4) is 5.82 Å². The maximum absolute atomic E-state index is 13.3. The number of alkyl halides is 3. The molecule has 134 valence electrons. The molecule has 1 aromatic carbocycles. The summed E-state index contributed by atoms with van der Waals surface area (Å²) in [5.41, 5.74) is -0.357. The summed E-state index contributed by atoms with van der Waals surface area (Å²) in [6.45, 7) is 0.154. The first kappa shape index (κ1) is 16.6. The van der Waals surface area contributed by atoms with Gasteiger partial charge in [0.25, 0.3) is 0 Å². The Morgan fingerprint density at radius 1 is 1.15 bits per heavy atom. The summed E-state index contributed by atoms with van der Waals surface area (Å²) in [5, 5.41) is 0. The SMILES string of the molecule is FC(F)(F)c1ccccc1CN(c1cc(-n2ccnc2)ncn1)C1CC1. The first-order valence-electron chi connectivity index (χ1n) is 8.24. The fourth-order valence-electron chi connectivity index (χ4n) is 2.93. The molecule has 4 rings (SSSR count). The van der Waals surface area contributed by atoms with Crippen LogP contribution in [-0.2, 0) is 12.7 Å². The van der Waals surface area contributed by atoms with Crippen molar-refractivity contribution < 1.29 is 13.2 Å². The zero-order chi connectivity index (χ0) is 18.1. The van der Waals surface area contributed by atoms with Gasteiger partial charge in [0, 0.05) is 31.0 Å². The van der Waals surface area contributed by atoms with Crippen LogP contribution < -0.4 is 4.90 Å². The van der Waals surface area contributed by atoms with Crippen LogP contribution in [0.4, 0.5) is 19.0 Å². The highest BCUT2D eigenvalue weighted by molar-refractivity contribution is 5.47. The maximum Gasteiger partial charge on any atom is 0.416 e. The molecular weight excluding hydrogens is 343 g/mol. The van der Waals surface area contributed by atoms with Crippen molar-refractivity contribution in [1.29, 1.82) is 0 Å². The van der Waals surface area contributed by atoms with Crippen LogP contribution in [0, 0.1) is 0 Å². The van der Waals surface area contributed by atoms with Crippen molar-refractivity contribution in [1.82, 2.24) is 19.5 Å². The van der Waals surface area contributed by atoms with E-state index in [2.05, 4.69) is 15.0 Å². The Bertz CT molecular complexity index is 888. The number of anilines is 1. The van der Waals surface area contributed by atoms with E-state index in [4.69, 9.17) is 0 Å². The van der Waals surface area contributed by atoms with E-state index in [-0.39, 0.29) is 18.2 Å². The van der Waals surface area contributed by atoms with Crippen LogP contribution in [0.5, 0.6) is 0 Å². The fourth-order valence-corrected chi connectivity index (χ4v) is 2.93. The number of aromatic nitrogens is 4. The summed E-state index contributed by atoms with van der Waals surface area (Å²) in [4.78, 5) is 14.4. The second-order valence-corrected chi connectivity index (χ2v) is 6.22. The molecule has 5 nitrogen and oxygen atoms in total. The smallest absolute Gasteiger partial charge is 0.349 e. The van der Waals surface area contributed by atoms with Crippen molar-refractivity contribution in [2.24, 2.45) is 0 Å². The number of halogens is 3. The summed E-state index contributed by atoms with van der Waals surface area (Å²) < 4.78 is 41.7. The topological polar surface area (TPSA) is 46.8 Å². The number of hydrogen-bond donors (Lipinski definition) is 0. The van der Waals surface area contributed by atoms with Gasteiger partial charge in [-0.3, -0.25) is 4.57 Å². The van der Waals surface area contributed by atoms with Crippen molar-refractivity contribution in [3.63, 3.8) is 0 Å². The van der Waals surface area contributed by atoms with Gasteiger partial charge in [0.15, 0.2) is 0 Å². The standard InChI is InChI=1S/C18H16F3N5/c19-18(20,21)15-4-2-1-3-13(15)10-26(14-5-6-14)17-9-16(23-11-24-17)25-8-7-22-12-25/h1-4,7-9,11-12,14H,5-6,10H2. The Morgan fingerprint density at radius 2 is 1.96 bits per heavy atom. The molecule has 1 aliphatic rings. The molecule has 0 atom stereocenters. The highest BCUT2D eigenvalue weighted by atomic mass is 19.4. The summed E-state index contributed by atoms with van der Waals surface area (Å²) in [6.07, 6.45) is 3.95. The van der Waals surface area contributed by atoms with Gasteiger partial charge in [0.05, 0.1) is 5.56 Å². The predicted octanol–water partition coefficient (Wildman–Crippen LogP) is 3.85. The molecule has 3 aromatic rings. The van der Waals surface area contributed by atoms with Crippen LogP contribution in [0.2, 0.25) is 0 Å². The van der Waals surface area contributed by atoms with Crippen LogP contribution in [-0.4, -0.2) is 25.6 Å². The maximum atomic E-state index is 13.3. The van der Waals surface area contributed by atoms with Crippen molar-refractivity contribution in [3.05, 3.63) is 66.5 Å². The van der Waals surface area contributed by atoms with E-state index in [1.54, 1.807) is 35.4 Å². The quantitative estimate of drug-likeness (QED) is 0.694. The number of rotatable bonds is 5. The molecule has 8 heteroatoms. The Labute approximate surface area is 148 Å². The molecule has 0 saturated heterocycles. The molecular formula is C18H16F3N5. The summed E-state index contributed by atoms with van der Waals surface area (Å²) >= 11 is 0. The van der Waals surface area contributed by atoms with Gasteiger partial charge in [-0.2, -0.15) is 13.2 Å². The van der Waals surface area contributed by atoms with Crippen molar-refractivity contribution >= 4 is 5.82 Å². The molecule has 1 saturated carbocycles. The first-order valence-corrected chi connectivity index (χ1v) is 8.24. The lowest BCUT2D eigenvalue weighted by Crippen LogP contribution is -2.27. The minimum atomic E-state index is -4.38. The first-order chi connectivity index (χ1) is 12.5. The molecule has 0 bridgehead atoms. The van der Waals surface area contributed by atoms with Crippen LogP contribution in [0.25, 0.3) is 5.82 Å². The predicted molar refractivity (Wildman–Crippen MR) is 89.8 cm³/mol. The molecule has 0 radical (unpaired) electrons. The largest absolute Gasteiger partial charge is 0.416 e. The van der Waals surface area contributed by atoms with Gasteiger partial charge in [-0.1, -0.05) is 18.2 Å². The molecule has 0 aliphatic heterocycles. The number of hydrogen-bond acceptors (Lipinski definition) is 4. The molecule has 1 aliphatic carbocycles. The minimum Gasteiger partial charge on any atom is -0.349 e. The fraction of sp³-hybridized carbons (Fsp3) is 0.278. The van der Waals surface area contributed by atoms with E-state index in [0.717, 1.165) is 18.9 Å². The average molecular weight is 359 g/mol. The second-order valence-electron chi connectivity index (χ2n) is 6.22. The lowest BCUT2D eigenvalue weighted by atomic mass is 10.1. The zero-order valence-electron chi connectivity index (χ0n) is 13.8. The third kappa shape index (κ3) is 3.40. The molecule has 2 aromatic heterocycles. The van der Waals surface area contributed by atoms with Crippen LogP contribution in [0.1, 0.15) is 24.0 Å². The van der Waals surface area contributed by atoms with Crippen LogP contribution in [0.15, 0.2) is 55.4 Å². The third-order valence-corrected chi connectivity index (χ3v) is 4.35. The Morgan fingerprint density at radius 3 is 2.65 bits per heavy atom. The monoisotopic (exact) mass is 359 g/mol. The number of benzene rings is 1. The molecule has 0 N–H and O–H groups in total. The van der Waals surface area contributed by atoms with Gasteiger partial charge >= 0.3 is 6.18 Å². The van der Waals surface area contributed by atoms with Gasteiger partial charge < -0.3 is 4.90 Å². The Balaban J connectivity index is 1.67. The molecule has 0 amide bonds. The number of nitrogens with zero attached hydrogens (tertiary/aromatic N) is 5. The summed E-state index contributed by atoms with van der Waals surface area (Å²) in [6, 6.07) is 7.66. The Kier molecular flexibility index (Phi) is 4.10. The van der Waals surface area contributed by atoms with Crippen molar-refractivity contribution in [2.75, 3.05) is 4.90 Å². The van der Waals surface area contributed by atoms with Crippen LogP contribution in [0.3, 0.4) is 0 Å². The zero-order valence-corrected chi connectivity index (χ0v) is 13.8. The van der Waals surface area contributed by atoms with E-state index in [1.165, 1.54) is 18.5 Å². The lowest BCUT2D eigenvalue weighted by molar-refractivity contribution is -0.138. The van der Waals surface area contributed by atoms with Gasteiger partial charge in [-0.25, -0.2) is 15.0 Å². The summed E-state index contributed by atoms with van der Waals surface area (Å²) in [7, 11) is 0. The molecule has 0 spiro atoms. The van der Waals surface area contributed by atoms with Crippen LogP contribution >= 0.6 is 0 Å². The highest BCUT2D eigenvalue weighted by Crippen LogP contribution is 2.36.